The maximum absolute atomic E-state index is 13.6. The summed E-state index contributed by atoms with van der Waals surface area (Å²) in [6, 6.07) is 23.5. The van der Waals surface area contributed by atoms with Gasteiger partial charge in [0.15, 0.2) is 11.6 Å². The van der Waals surface area contributed by atoms with Gasteiger partial charge >= 0.3 is 0 Å². The molecule has 18 nitrogen and oxygen atoms in total. The zero-order valence-corrected chi connectivity index (χ0v) is 51.0. The van der Waals surface area contributed by atoms with Gasteiger partial charge in [-0.25, -0.2) is 45.6 Å². The number of anilines is 1. The Morgan fingerprint density at radius 2 is 1.46 bits per heavy atom. The minimum atomic E-state index is -4.11. The highest BCUT2D eigenvalue weighted by Gasteiger charge is 2.42. The van der Waals surface area contributed by atoms with Crippen molar-refractivity contribution in [3.63, 3.8) is 0 Å². The van der Waals surface area contributed by atoms with E-state index in [9.17, 15) is 26.4 Å². The van der Waals surface area contributed by atoms with Crippen molar-refractivity contribution in [2.24, 2.45) is 22.7 Å². The Labute approximate surface area is 494 Å². The van der Waals surface area contributed by atoms with Crippen LogP contribution < -0.4 is 29.1 Å². The molecule has 11 rings (SSSR count). The minimum Gasteiger partial charge on any atom is -0.477 e. The van der Waals surface area contributed by atoms with E-state index in [1.807, 2.05) is 18.2 Å². The van der Waals surface area contributed by atoms with Crippen molar-refractivity contribution in [2.75, 3.05) is 31.2 Å². The lowest BCUT2D eigenvalue weighted by Gasteiger charge is -2.34. The smallest absolute Gasteiger partial charge is 0.268 e. The van der Waals surface area contributed by atoms with Gasteiger partial charge in [-0.3, -0.25) is 9.59 Å². The third-order valence-electron chi connectivity index (χ3n) is 17.3. The summed E-state index contributed by atoms with van der Waals surface area (Å²) in [6.45, 7) is 16.3. The Kier molecular flexibility index (Phi) is 17.5. The fourth-order valence-electron chi connectivity index (χ4n) is 11.6. The largest absolute Gasteiger partial charge is 0.477 e. The number of unbranched alkanes of at least 4 members (excludes halogenated alkanes) is 1. The van der Waals surface area contributed by atoms with Crippen molar-refractivity contribution >= 4 is 49.3 Å². The lowest BCUT2D eigenvalue weighted by molar-refractivity contribution is 0.0972. The normalized spacial score (nSPS) is 20.8. The standard InChI is InChI=1S/C31H40ClN5O4S.C31H39N5O4S/c1-30(2)20-23(21-33-30)8-5-4-7-22-9-6-10-24(19-22)42(39,40)36-29(38)25-11-12-26(34-28(25)32)37-17-13-27(35-37)41-18-16-31(3)14-15-31;1-30(2)20-23-8-5-4-7-22-9-6-10-24(19-22)41(38,39)34-29(37)25-11-12-26(32-28(25)35(30)21-23)36-17-13-27(33-36)40-18-16-31(3)14-15-31/h6,9-13,17,19,23,33H,4-5,7-8,14-16,18,20-21H2,1-3H3,(H,36,38);6,9-13,17,19,23H,4-5,7-8,14-16,18,20-21H2,1-3H3,(H,34,37). The molecule has 83 heavy (non-hydrogen) atoms. The Morgan fingerprint density at radius 3 is 2.11 bits per heavy atom. The number of nitrogens with zero attached hydrogens (tertiary/aromatic N) is 7. The monoisotopic (exact) mass is 1190 g/mol. The molecule has 7 heterocycles. The molecule has 2 unspecified atom stereocenters. The first-order valence-electron chi connectivity index (χ1n) is 29.3. The van der Waals surface area contributed by atoms with E-state index in [2.05, 4.69) is 76.4 Å². The number of hydrogen-bond donors (Lipinski definition) is 3. The Hall–Kier alpha value is -6.35. The van der Waals surface area contributed by atoms with Gasteiger partial charge in [-0.05, 0) is 206 Å². The minimum absolute atomic E-state index is 0.0375. The van der Waals surface area contributed by atoms with Gasteiger partial charge in [-0.2, -0.15) is 0 Å². The summed E-state index contributed by atoms with van der Waals surface area (Å²) >= 11 is 6.31. The second kappa shape index (κ2) is 24.3. The van der Waals surface area contributed by atoms with E-state index in [1.165, 1.54) is 55.0 Å². The topological polar surface area (TPSA) is 222 Å². The number of carbonyl (C=O) groups excluding carboxylic acids is 2. The van der Waals surface area contributed by atoms with E-state index in [0.717, 1.165) is 94.8 Å². The number of aryl methyl sites for hydroxylation is 2. The molecular weight excluding hydrogens is 1110 g/mol. The van der Waals surface area contributed by atoms with Gasteiger partial charge in [0.2, 0.25) is 11.8 Å². The highest BCUT2D eigenvalue weighted by atomic mass is 35.5. The molecule has 2 atom stereocenters. The molecule has 21 heteroatoms. The average molecular weight is 1190 g/mol. The predicted molar refractivity (Wildman–Crippen MR) is 320 cm³/mol. The Morgan fingerprint density at radius 1 is 0.795 bits per heavy atom. The molecule has 2 aromatic carbocycles. The van der Waals surface area contributed by atoms with E-state index < -0.39 is 31.9 Å². The van der Waals surface area contributed by atoms with Crippen LogP contribution in [0.3, 0.4) is 0 Å². The van der Waals surface area contributed by atoms with Crippen LogP contribution in [0.4, 0.5) is 5.82 Å². The summed E-state index contributed by atoms with van der Waals surface area (Å²) in [7, 11) is -8.17. The Bertz CT molecular complexity index is 3560. The van der Waals surface area contributed by atoms with Crippen molar-refractivity contribution in [1.82, 2.24) is 44.3 Å². The van der Waals surface area contributed by atoms with Crippen LogP contribution in [-0.4, -0.2) is 95.6 Å². The van der Waals surface area contributed by atoms with Crippen molar-refractivity contribution < 1.29 is 35.9 Å². The fourth-order valence-corrected chi connectivity index (χ4v) is 13.9. The quantitative estimate of drug-likeness (QED) is 0.0538. The number of fused-ring (bicyclic) bond motifs is 6. The van der Waals surface area contributed by atoms with Gasteiger partial charge < -0.3 is 19.7 Å². The molecule has 3 aliphatic heterocycles. The third kappa shape index (κ3) is 15.3. The van der Waals surface area contributed by atoms with Gasteiger partial charge in [0.1, 0.15) is 11.0 Å². The fraction of sp³-hybridized carbons (Fsp3) is 0.516. The van der Waals surface area contributed by atoms with E-state index in [1.54, 1.807) is 65.6 Å². The molecule has 3 N–H and O–H groups in total. The molecule has 4 bridgehead atoms. The van der Waals surface area contributed by atoms with E-state index >= 15 is 0 Å². The van der Waals surface area contributed by atoms with E-state index in [-0.39, 0.29) is 37.1 Å². The number of rotatable bonds is 18. The van der Waals surface area contributed by atoms with Gasteiger partial charge in [0.05, 0.1) is 34.1 Å². The molecule has 6 aromatic rings. The molecule has 2 aliphatic carbocycles. The zero-order valence-electron chi connectivity index (χ0n) is 48.6. The Balaban J connectivity index is 0.000000185. The number of aromatic nitrogens is 6. The number of ether oxygens (including phenoxy) is 2. The molecule has 4 fully saturated rings. The SMILES string of the molecule is CC1(CCOc2ccn(-c3ccc(C(=O)NS(=O)(=O)c4cccc(CCCCC5CNC(C)(C)C5)c4)c(Cl)n3)n2)CC1.CC1(CCOc2ccn(-c3ccc4c(n3)N3CC(CCCCc5cccc(c5)S(=O)(=O)NC4=O)CC3(C)C)n2)CC1. The molecular formula is C62H79ClN10O8S2. The molecule has 444 valence electrons. The van der Waals surface area contributed by atoms with Crippen molar-refractivity contribution in [2.45, 2.75) is 165 Å². The molecule has 4 aromatic heterocycles. The van der Waals surface area contributed by atoms with Crippen LogP contribution in [-0.2, 0) is 32.9 Å². The average Bonchev–Trinajstić information content (AvgIpc) is 4.20. The summed E-state index contributed by atoms with van der Waals surface area (Å²) in [5.74, 6) is 1.97. The zero-order chi connectivity index (χ0) is 58.8. The van der Waals surface area contributed by atoms with E-state index in [0.29, 0.717) is 65.1 Å². The number of sulfonamides is 2. The maximum atomic E-state index is 13.6. The molecule has 2 saturated heterocycles. The number of pyridine rings is 2. The molecule has 0 spiro atoms. The number of carbonyl (C=O) groups is 2. The van der Waals surface area contributed by atoms with Crippen molar-refractivity contribution in [1.29, 1.82) is 0 Å². The van der Waals surface area contributed by atoms with Crippen LogP contribution in [0.1, 0.15) is 163 Å². The number of nitrogens with one attached hydrogen (secondary N) is 3. The second-order valence-corrected chi connectivity index (χ2v) is 29.3. The van der Waals surface area contributed by atoms with Gasteiger partial charge in [0, 0.05) is 42.1 Å². The van der Waals surface area contributed by atoms with Crippen LogP contribution in [0.25, 0.3) is 11.6 Å². The lowest BCUT2D eigenvalue weighted by atomic mass is 9.92. The molecule has 2 amide bonds. The van der Waals surface area contributed by atoms with Crippen LogP contribution in [0.5, 0.6) is 11.8 Å². The summed E-state index contributed by atoms with van der Waals surface area (Å²) in [5.41, 5.74) is 2.81. The summed E-state index contributed by atoms with van der Waals surface area (Å²) in [6.07, 6.45) is 20.5. The van der Waals surface area contributed by atoms with Gasteiger partial charge in [-0.15, -0.1) is 10.2 Å². The van der Waals surface area contributed by atoms with Crippen LogP contribution in [0, 0.1) is 22.7 Å². The van der Waals surface area contributed by atoms with Gasteiger partial charge in [-0.1, -0.05) is 62.6 Å². The third-order valence-corrected chi connectivity index (χ3v) is 20.3. The molecule has 2 saturated carbocycles. The van der Waals surface area contributed by atoms with Gasteiger partial charge in [0.25, 0.3) is 31.9 Å². The predicted octanol–water partition coefficient (Wildman–Crippen LogP) is 11.0. The second-order valence-electron chi connectivity index (χ2n) is 25.5. The first-order valence-corrected chi connectivity index (χ1v) is 32.7. The van der Waals surface area contributed by atoms with Crippen molar-refractivity contribution in [3.8, 4) is 23.4 Å². The highest BCUT2D eigenvalue weighted by molar-refractivity contribution is 7.90. The van der Waals surface area contributed by atoms with Crippen LogP contribution in [0.2, 0.25) is 5.15 Å². The van der Waals surface area contributed by atoms with Crippen LogP contribution in [0.15, 0.2) is 107 Å². The summed E-state index contributed by atoms with van der Waals surface area (Å²) < 4.78 is 71.9. The first-order chi connectivity index (χ1) is 39.4. The highest BCUT2D eigenvalue weighted by Crippen LogP contribution is 2.49. The number of benzene rings is 2. The number of halogens is 1. The van der Waals surface area contributed by atoms with E-state index in [4.69, 9.17) is 26.1 Å². The summed E-state index contributed by atoms with van der Waals surface area (Å²) in [4.78, 5) is 38.0. The summed E-state index contributed by atoms with van der Waals surface area (Å²) in [5, 5.41) is 12.4. The molecule has 5 aliphatic rings. The number of hydrogen-bond acceptors (Lipinski definition) is 14. The first kappa shape index (κ1) is 59.8. The van der Waals surface area contributed by atoms with Crippen LogP contribution >= 0.6 is 11.6 Å². The molecule has 0 radical (unpaired) electrons. The lowest BCUT2D eigenvalue weighted by Crippen LogP contribution is -2.41. The maximum Gasteiger partial charge on any atom is 0.268 e. The number of amides is 2. The van der Waals surface area contributed by atoms with Crippen molar-refractivity contribution in [3.05, 3.63) is 125 Å².